The van der Waals surface area contributed by atoms with E-state index in [0.29, 0.717) is 13.0 Å². The molecule has 1 aliphatic rings. The third kappa shape index (κ3) is 2.04. The van der Waals surface area contributed by atoms with Gasteiger partial charge in [-0.25, -0.2) is 8.42 Å². The van der Waals surface area contributed by atoms with Crippen molar-refractivity contribution >= 4 is 10.0 Å². The Bertz CT molecular complexity index is 313. The van der Waals surface area contributed by atoms with Crippen molar-refractivity contribution < 1.29 is 8.42 Å². The molecule has 1 unspecified atom stereocenters. The molecule has 13 heavy (non-hydrogen) atoms. The molecule has 1 aliphatic heterocycles. The molecule has 0 aromatic carbocycles. The van der Waals surface area contributed by atoms with E-state index in [0.717, 1.165) is 0 Å². The van der Waals surface area contributed by atoms with E-state index in [1.165, 1.54) is 4.31 Å². The number of terminal acetylenes is 1. The van der Waals surface area contributed by atoms with Gasteiger partial charge in [-0.3, -0.25) is 0 Å². The molecule has 1 rings (SSSR count). The van der Waals surface area contributed by atoms with Gasteiger partial charge in [0.25, 0.3) is 0 Å². The molecule has 1 heterocycles. The summed E-state index contributed by atoms with van der Waals surface area (Å²) in [5.41, 5.74) is 0. The second-order valence-electron chi connectivity index (χ2n) is 3.64. The maximum Gasteiger partial charge on any atom is 0.215 e. The standard InChI is InChI=1S/C9H15NO2S/c1-4-9(8(2)3)10-6-5-7-13(10,11)12/h1,8-9H,5-7H2,2-3H3. The normalized spacial score (nSPS) is 24.5. The van der Waals surface area contributed by atoms with Crippen molar-refractivity contribution in [3.63, 3.8) is 0 Å². The van der Waals surface area contributed by atoms with Crippen LogP contribution >= 0.6 is 0 Å². The van der Waals surface area contributed by atoms with Crippen LogP contribution in [0.15, 0.2) is 0 Å². The average Bonchev–Trinajstić information content (AvgIpc) is 2.32. The van der Waals surface area contributed by atoms with Crippen molar-refractivity contribution in [1.82, 2.24) is 4.31 Å². The lowest BCUT2D eigenvalue weighted by molar-refractivity contribution is 0.332. The summed E-state index contributed by atoms with van der Waals surface area (Å²) >= 11 is 0. The predicted molar refractivity (Wildman–Crippen MR) is 52.6 cm³/mol. The predicted octanol–water partition coefficient (Wildman–Crippen LogP) is 0.680. The fraction of sp³-hybridized carbons (Fsp3) is 0.778. The number of hydrogen-bond donors (Lipinski definition) is 0. The first-order chi connectivity index (χ1) is 5.99. The lowest BCUT2D eigenvalue weighted by Crippen LogP contribution is -2.39. The van der Waals surface area contributed by atoms with E-state index in [9.17, 15) is 8.42 Å². The number of sulfonamides is 1. The molecule has 0 aromatic rings. The van der Waals surface area contributed by atoms with E-state index < -0.39 is 10.0 Å². The number of nitrogens with zero attached hydrogens (tertiary/aromatic N) is 1. The van der Waals surface area contributed by atoms with Crippen LogP contribution in [0.3, 0.4) is 0 Å². The lowest BCUT2D eigenvalue weighted by atomic mass is 10.1. The molecular weight excluding hydrogens is 186 g/mol. The zero-order valence-corrected chi connectivity index (χ0v) is 8.84. The minimum Gasteiger partial charge on any atom is -0.212 e. The van der Waals surface area contributed by atoms with Gasteiger partial charge in [0.05, 0.1) is 11.8 Å². The van der Waals surface area contributed by atoms with Gasteiger partial charge in [0.2, 0.25) is 10.0 Å². The first-order valence-corrected chi connectivity index (χ1v) is 6.05. The second-order valence-corrected chi connectivity index (χ2v) is 5.68. The summed E-state index contributed by atoms with van der Waals surface area (Å²) in [5.74, 6) is 2.97. The largest absolute Gasteiger partial charge is 0.215 e. The third-order valence-electron chi connectivity index (χ3n) is 2.25. The number of hydrogen-bond acceptors (Lipinski definition) is 2. The monoisotopic (exact) mass is 201 g/mol. The van der Waals surface area contributed by atoms with Crippen LogP contribution in [-0.2, 0) is 10.0 Å². The molecule has 0 saturated carbocycles. The number of rotatable bonds is 2. The maximum absolute atomic E-state index is 11.5. The van der Waals surface area contributed by atoms with E-state index in [4.69, 9.17) is 6.42 Å². The van der Waals surface area contributed by atoms with Gasteiger partial charge in [-0.05, 0) is 12.3 Å². The quantitative estimate of drug-likeness (QED) is 0.616. The second kappa shape index (κ2) is 3.69. The molecule has 0 radical (unpaired) electrons. The van der Waals surface area contributed by atoms with Gasteiger partial charge in [0.15, 0.2) is 0 Å². The smallest absolute Gasteiger partial charge is 0.212 e. The summed E-state index contributed by atoms with van der Waals surface area (Å²) < 4.78 is 24.4. The Morgan fingerprint density at radius 1 is 1.46 bits per heavy atom. The zero-order chi connectivity index (χ0) is 10.1. The topological polar surface area (TPSA) is 37.4 Å². The molecule has 0 aromatic heterocycles. The molecular formula is C9H15NO2S. The highest BCUT2D eigenvalue weighted by Gasteiger charge is 2.34. The highest BCUT2D eigenvalue weighted by atomic mass is 32.2. The Morgan fingerprint density at radius 3 is 2.38 bits per heavy atom. The summed E-state index contributed by atoms with van der Waals surface area (Å²) in [7, 11) is -3.05. The van der Waals surface area contributed by atoms with Crippen LogP contribution in [0.25, 0.3) is 0 Å². The summed E-state index contributed by atoms with van der Waals surface area (Å²) in [6.07, 6.45) is 6.02. The molecule has 4 heteroatoms. The molecule has 1 fully saturated rings. The van der Waals surface area contributed by atoms with E-state index in [1.807, 2.05) is 13.8 Å². The molecule has 1 saturated heterocycles. The summed E-state index contributed by atoms with van der Waals surface area (Å²) in [5, 5.41) is 0. The van der Waals surface area contributed by atoms with Crippen molar-refractivity contribution in [2.24, 2.45) is 5.92 Å². The van der Waals surface area contributed by atoms with Crippen LogP contribution in [0.5, 0.6) is 0 Å². The van der Waals surface area contributed by atoms with Crippen molar-refractivity contribution in [1.29, 1.82) is 0 Å². The van der Waals surface area contributed by atoms with Crippen molar-refractivity contribution in [3.05, 3.63) is 0 Å². The molecule has 0 aliphatic carbocycles. The minimum atomic E-state index is -3.05. The van der Waals surface area contributed by atoms with Crippen LogP contribution in [0.1, 0.15) is 20.3 Å². The Kier molecular flexibility index (Phi) is 2.99. The molecule has 3 nitrogen and oxygen atoms in total. The van der Waals surface area contributed by atoms with E-state index >= 15 is 0 Å². The van der Waals surface area contributed by atoms with Gasteiger partial charge in [0, 0.05) is 6.54 Å². The zero-order valence-electron chi connectivity index (χ0n) is 8.03. The molecule has 1 atom stereocenters. The highest BCUT2D eigenvalue weighted by molar-refractivity contribution is 7.89. The third-order valence-corrected chi connectivity index (χ3v) is 4.18. The van der Waals surface area contributed by atoms with Crippen molar-refractivity contribution in [2.45, 2.75) is 26.3 Å². The summed E-state index contributed by atoms with van der Waals surface area (Å²) in [6.45, 7) is 4.46. The fourth-order valence-electron chi connectivity index (χ4n) is 1.58. The van der Waals surface area contributed by atoms with Crippen molar-refractivity contribution in [3.8, 4) is 12.3 Å². The molecule has 74 valence electrons. The Hall–Kier alpha value is -0.530. The van der Waals surface area contributed by atoms with Gasteiger partial charge >= 0.3 is 0 Å². The fourth-order valence-corrected chi connectivity index (χ4v) is 3.37. The summed E-state index contributed by atoms with van der Waals surface area (Å²) in [4.78, 5) is 0. The van der Waals surface area contributed by atoms with Gasteiger partial charge in [-0.1, -0.05) is 19.8 Å². The Morgan fingerprint density at radius 2 is 2.08 bits per heavy atom. The molecule has 0 bridgehead atoms. The Balaban J connectivity index is 2.89. The van der Waals surface area contributed by atoms with E-state index in [1.54, 1.807) is 0 Å². The van der Waals surface area contributed by atoms with Crippen molar-refractivity contribution in [2.75, 3.05) is 12.3 Å². The van der Waals surface area contributed by atoms with Crippen LogP contribution < -0.4 is 0 Å². The first-order valence-electron chi connectivity index (χ1n) is 4.44. The highest BCUT2D eigenvalue weighted by Crippen LogP contribution is 2.20. The minimum absolute atomic E-state index is 0.179. The first kappa shape index (κ1) is 10.6. The lowest BCUT2D eigenvalue weighted by Gasteiger charge is -2.24. The van der Waals surface area contributed by atoms with Gasteiger partial charge in [0.1, 0.15) is 0 Å². The van der Waals surface area contributed by atoms with E-state index in [-0.39, 0.29) is 17.7 Å². The average molecular weight is 201 g/mol. The molecule has 0 N–H and O–H groups in total. The van der Waals surface area contributed by atoms with Gasteiger partial charge < -0.3 is 0 Å². The van der Waals surface area contributed by atoms with Crippen LogP contribution in [0.2, 0.25) is 0 Å². The molecule has 0 spiro atoms. The van der Waals surface area contributed by atoms with E-state index in [2.05, 4.69) is 5.92 Å². The SMILES string of the molecule is C#CC(C(C)C)N1CCCS1(=O)=O. The van der Waals surface area contributed by atoms with Crippen LogP contribution in [0, 0.1) is 18.3 Å². The van der Waals surface area contributed by atoms with Gasteiger partial charge in [-0.15, -0.1) is 6.42 Å². The van der Waals surface area contributed by atoms with Crippen LogP contribution in [0.4, 0.5) is 0 Å². The maximum atomic E-state index is 11.5. The van der Waals surface area contributed by atoms with Gasteiger partial charge in [-0.2, -0.15) is 4.31 Å². The summed E-state index contributed by atoms with van der Waals surface area (Å²) in [6, 6.07) is -0.271. The Labute approximate surface area is 80.2 Å². The molecule has 0 amide bonds. The van der Waals surface area contributed by atoms with Crippen LogP contribution in [-0.4, -0.2) is 31.1 Å².